The minimum atomic E-state index is -0.434. The van der Waals surface area contributed by atoms with E-state index in [0.717, 1.165) is 33.4 Å². The van der Waals surface area contributed by atoms with Crippen LogP contribution in [-0.4, -0.2) is 39.0 Å². The third-order valence-electron chi connectivity index (χ3n) is 5.45. The van der Waals surface area contributed by atoms with E-state index in [4.69, 9.17) is 9.73 Å². The van der Waals surface area contributed by atoms with Gasteiger partial charge in [0.2, 0.25) is 5.91 Å². The minimum absolute atomic E-state index is 0.0858. The summed E-state index contributed by atoms with van der Waals surface area (Å²) in [4.78, 5) is 18.6. The molecule has 0 unspecified atom stereocenters. The topological polar surface area (TPSA) is 81.4 Å². The van der Waals surface area contributed by atoms with Crippen LogP contribution in [0.1, 0.15) is 66.5 Å². The Balaban J connectivity index is 1.89. The highest BCUT2D eigenvalue weighted by molar-refractivity contribution is 7.15. The lowest BCUT2D eigenvalue weighted by Crippen LogP contribution is -2.23. The van der Waals surface area contributed by atoms with Crippen LogP contribution in [0.3, 0.4) is 0 Å². The molecule has 0 saturated carbocycles. The second-order valence-electron chi connectivity index (χ2n) is 9.01. The first-order chi connectivity index (χ1) is 15.1. The number of aromatic nitrogens is 3. The Hall–Kier alpha value is -3.00. The van der Waals surface area contributed by atoms with Gasteiger partial charge in [-0.1, -0.05) is 0 Å². The molecule has 1 atom stereocenters. The number of rotatable bonds is 4. The zero-order chi connectivity index (χ0) is 23.2. The van der Waals surface area contributed by atoms with E-state index in [9.17, 15) is 4.79 Å². The lowest BCUT2D eigenvalue weighted by atomic mass is 9.99. The number of aliphatic imine (C=N–C) groups is 1. The number of hydrogen-bond acceptors (Lipinski definition) is 6. The molecular weight excluding hydrogens is 422 g/mol. The summed E-state index contributed by atoms with van der Waals surface area (Å²) in [7, 11) is 1.64. The van der Waals surface area contributed by atoms with Gasteiger partial charge in [-0.3, -0.25) is 14.4 Å². The molecule has 0 bridgehead atoms. The minimum Gasteiger partial charge on any atom is -0.488 e. The lowest BCUT2D eigenvalue weighted by molar-refractivity contribution is -0.121. The van der Waals surface area contributed by atoms with Crippen molar-refractivity contribution in [3.8, 4) is 10.8 Å². The van der Waals surface area contributed by atoms with Crippen LogP contribution in [0.2, 0.25) is 0 Å². The maximum Gasteiger partial charge on any atom is 0.222 e. The van der Waals surface area contributed by atoms with Crippen LogP contribution in [0.4, 0.5) is 0 Å². The maximum atomic E-state index is 12.3. The second kappa shape index (κ2) is 8.16. The summed E-state index contributed by atoms with van der Waals surface area (Å²) in [5, 5.41) is 12.5. The molecule has 1 aromatic carbocycles. The number of thiophene rings is 1. The molecule has 7 nitrogen and oxygen atoms in total. The zero-order valence-electron chi connectivity index (χ0n) is 19.6. The maximum absolute atomic E-state index is 12.3. The first kappa shape index (κ1) is 22.2. The molecule has 0 fully saturated rings. The monoisotopic (exact) mass is 451 g/mol. The van der Waals surface area contributed by atoms with Gasteiger partial charge in [-0.05, 0) is 71.4 Å². The molecule has 0 radical (unpaired) electrons. The average Bonchev–Trinajstić information content (AvgIpc) is 3.20. The fourth-order valence-electron chi connectivity index (χ4n) is 3.84. The van der Waals surface area contributed by atoms with Crippen LogP contribution in [-0.2, 0) is 4.79 Å². The number of nitrogens with one attached hydrogen (secondary N) is 1. The summed E-state index contributed by atoms with van der Waals surface area (Å²) < 4.78 is 8.05. The molecule has 1 aliphatic rings. The smallest absolute Gasteiger partial charge is 0.222 e. The molecule has 0 spiro atoms. The van der Waals surface area contributed by atoms with Crippen molar-refractivity contribution in [1.29, 1.82) is 0 Å². The summed E-state index contributed by atoms with van der Waals surface area (Å²) in [6.45, 7) is 12.3. The molecule has 32 heavy (non-hydrogen) atoms. The molecule has 1 N–H and O–H groups in total. The number of amides is 1. The van der Waals surface area contributed by atoms with Gasteiger partial charge in [0.25, 0.3) is 0 Å². The summed E-state index contributed by atoms with van der Waals surface area (Å²) >= 11 is 1.70. The van der Waals surface area contributed by atoms with E-state index in [1.807, 2.05) is 52.0 Å². The molecule has 2 aromatic heterocycles. The van der Waals surface area contributed by atoms with Gasteiger partial charge in [0, 0.05) is 23.1 Å². The third-order valence-corrected chi connectivity index (χ3v) is 6.64. The van der Waals surface area contributed by atoms with Crippen LogP contribution in [0.15, 0.2) is 29.3 Å². The van der Waals surface area contributed by atoms with E-state index in [2.05, 4.69) is 33.9 Å². The Morgan fingerprint density at radius 2 is 1.84 bits per heavy atom. The van der Waals surface area contributed by atoms with Gasteiger partial charge in [0.05, 0.1) is 12.1 Å². The Labute approximate surface area is 192 Å². The quantitative estimate of drug-likeness (QED) is 0.635. The number of aryl methyl sites for hydroxylation is 2. The van der Waals surface area contributed by atoms with Crippen LogP contribution >= 0.6 is 11.3 Å². The van der Waals surface area contributed by atoms with Crippen LogP contribution in [0.5, 0.6) is 5.75 Å². The summed E-state index contributed by atoms with van der Waals surface area (Å²) in [6.07, 6.45) is 0.205. The number of ether oxygens (including phenoxy) is 1. The fraction of sp³-hybridized carbons (Fsp3) is 0.417. The van der Waals surface area contributed by atoms with Crippen molar-refractivity contribution < 1.29 is 9.53 Å². The number of carbonyl (C=O) groups excluding carboxylic acids is 1. The number of fused-ring (bicyclic) bond motifs is 3. The Kier molecular flexibility index (Phi) is 5.67. The van der Waals surface area contributed by atoms with E-state index in [0.29, 0.717) is 5.82 Å². The number of hydrogen-bond donors (Lipinski definition) is 1. The van der Waals surface area contributed by atoms with Gasteiger partial charge in [-0.25, -0.2) is 0 Å². The van der Waals surface area contributed by atoms with Gasteiger partial charge in [-0.2, -0.15) is 0 Å². The molecule has 0 aliphatic carbocycles. The van der Waals surface area contributed by atoms with Crippen molar-refractivity contribution in [3.05, 3.63) is 57.5 Å². The standard InChI is InChI=1S/C24H29N5O2S/c1-13-14(2)32-23-20(13)21(16-8-10-17(11-9-16)31-24(4,5)6)26-18(12-19(30)25-7)22-28-27-15(3)29(22)23/h8-11,18H,12H2,1-7H3,(H,25,30)/t18-/m0/s1. The zero-order valence-corrected chi connectivity index (χ0v) is 20.4. The van der Waals surface area contributed by atoms with Crippen molar-refractivity contribution in [3.63, 3.8) is 0 Å². The van der Waals surface area contributed by atoms with Gasteiger partial charge < -0.3 is 10.1 Å². The van der Waals surface area contributed by atoms with Gasteiger partial charge in [0.15, 0.2) is 5.82 Å². The van der Waals surface area contributed by atoms with Crippen LogP contribution < -0.4 is 10.1 Å². The Morgan fingerprint density at radius 3 is 2.47 bits per heavy atom. The molecule has 3 heterocycles. The SMILES string of the molecule is CNC(=O)C[C@@H]1N=C(c2ccc(OC(C)(C)C)cc2)c2c(sc(C)c2C)-n2c(C)nnc21. The molecule has 1 aliphatic heterocycles. The molecule has 4 rings (SSSR count). The van der Waals surface area contributed by atoms with Crippen LogP contribution in [0.25, 0.3) is 5.00 Å². The van der Waals surface area contributed by atoms with Gasteiger partial charge >= 0.3 is 0 Å². The van der Waals surface area contributed by atoms with Crippen molar-refractivity contribution in [2.24, 2.45) is 4.99 Å². The predicted octanol–water partition coefficient (Wildman–Crippen LogP) is 4.46. The Bertz CT molecular complexity index is 1200. The van der Waals surface area contributed by atoms with Gasteiger partial charge in [-0.15, -0.1) is 21.5 Å². The highest BCUT2D eigenvalue weighted by atomic mass is 32.1. The first-order valence-corrected chi connectivity index (χ1v) is 11.5. The van der Waals surface area contributed by atoms with E-state index in [-0.39, 0.29) is 17.9 Å². The number of carbonyl (C=O) groups is 1. The van der Waals surface area contributed by atoms with E-state index < -0.39 is 6.04 Å². The Morgan fingerprint density at radius 1 is 1.16 bits per heavy atom. The highest BCUT2D eigenvalue weighted by Crippen LogP contribution is 2.39. The van der Waals surface area contributed by atoms with E-state index in [1.165, 1.54) is 10.4 Å². The van der Waals surface area contributed by atoms with Gasteiger partial charge in [0.1, 0.15) is 28.2 Å². The van der Waals surface area contributed by atoms with Crippen molar-refractivity contribution >= 4 is 23.0 Å². The second-order valence-corrected chi connectivity index (χ2v) is 10.2. The van der Waals surface area contributed by atoms with E-state index in [1.54, 1.807) is 18.4 Å². The number of nitrogens with zero attached hydrogens (tertiary/aromatic N) is 4. The summed E-state index contributed by atoms with van der Waals surface area (Å²) in [6, 6.07) is 7.58. The number of benzene rings is 1. The normalized spacial score (nSPS) is 15.5. The largest absolute Gasteiger partial charge is 0.488 e. The lowest BCUT2D eigenvalue weighted by Gasteiger charge is -2.21. The molecule has 8 heteroatoms. The first-order valence-electron chi connectivity index (χ1n) is 10.7. The fourth-order valence-corrected chi connectivity index (χ4v) is 5.05. The van der Waals surface area contributed by atoms with Crippen molar-refractivity contribution in [2.45, 2.75) is 59.6 Å². The van der Waals surface area contributed by atoms with Crippen LogP contribution in [0, 0.1) is 20.8 Å². The highest BCUT2D eigenvalue weighted by Gasteiger charge is 2.32. The molecule has 1 amide bonds. The van der Waals surface area contributed by atoms with Crippen molar-refractivity contribution in [1.82, 2.24) is 20.1 Å². The molecular formula is C24H29N5O2S. The third kappa shape index (κ3) is 4.07. The average molecular weight is 452 g/mol. The summed E-state index contributed by atoms with van der Waals surface area (Å²) in [5.74, 6) is 2.20. The molecule has 0 saturated heterocycles. The molecule has 3 aromatic rings. The molecule has 168 valence electrons. The predicted molar refractivity (Wildman–Crippen MR) is 127 cm³/mol. The van der Waals surface area contributed by atoms with Crippen molar-refractivity contribution in [2.75, 3.05) is 7.05 Å². The summed E-state index contributed by atoms with van der Waals surface area (Å²) in [5.41, 5.74) is 3.82. The van der Waals surface area contributed by atoms with E-state index >= 15 is 0 Å².